The molecule has 0 atom stereocenters. The van der Waals surface area contributed by atoms with Gasteiger partial charge < -0.3 is 11.1 Å². The number of nitrogens with zero attached hydrogens (tertiary/aromatic N) is 2. The lowest BCUT2D eigenvalue weighted by atomic mass is 9.98. The second-order valence-corrected chi connectivity index (χ2v) is 7.25. The van der Waals surface area contributed by atoms with Crippen molar-refractivity contribution in [1.29, 1.82) is 0 Å². The van der Waals surface area contributed by atoms with E-state index in [1.807, 2.05) is 13.8 Å². The lowest BCUT2D eigenvalue weighted by Gasteiger charge is -2.30. The van der Waals surface area contributed by atoms with Crippen molar-refractivity contribution in [2.75, 3.05) is 19.6 Å². The molecule has 0 bridgehead atoms. The molecule has 1 saturated heterocycles. The number of halogens is 3. The van der Waals surface area contributed by atoms with Crippen LogP contribution in [0.5, 0.6) is 0 Å². The molecule has 0 spiro atoms. The molecule has 0 unspecified atom stereocenters. The maximum atomic E-state index is 12.4. The summed E-state index contributed by atoms with van der Waals surface area (Å²) >= 11 is 0. The SMILES string of the molecule is CC(C)NC(N)=NCC1CCN(S(=O)(=O)C(F)(F)F)CC1. The molecule has 1 heterocycles. The van der Waals surface area contributed by atoms with E-state index in [1.54, 1.807) is 0 Å². The molecule has 1 aliphatic heterocycles. The van der Waals surface area contributed by atoms with Gasteiger partial charge >= 0.3 is 15.5 Å². The fourth-order valence-corrected chi connectivity index (χ4v) is 3.03. The molecule has 0 aromatic heterocycles. The van der Waals surface area contributed by atoms with Gasteiger partial charge in [-0.15, -0.1) is 0 Å². The lowest BCUT2D eigenvalue weighted by molar-refractivity contribution is -0.0496. The first-order valence-corrected chi connectivity index (χ1v) is 8.11. The largest absolute Gasteiger partial charge is 0.511 e. The van der Waals surface area contributed by atoms with E-state index >= 15 is 0 Å². The zero-order valence-corrected chi connectivity index (χ0v) is 12.8. The van der Waals surface area contributed by atoms with Crippen LogP contribution in [0.1, 0.15) is 26.7 Å². The highest BCUT2D eigenvalue weighted by molar-refractivity contribution is 7.90. The minimum absolute atomic E-state index is 0.0391. The third kappa shape index (κ3) is 5.03. The van der Waals surface area contributed by atoms with E-state index in [2.05, 4.69) is 10.3 Å². The Kier molecular flexibility index (Phi) is 5.85. The van der Waals surface area contributed by atoms with E-state index in [0.717, 1.165) is 0 Å². The van der Waals surface area contributed by atoms with Gasteiger partial charge in [0, 0.05) is 25.7 Å². The van der Waals surface area contributed by atoms with Crippen LogP contribution in [0.2, 0.25) is 0 Å². The second kappa shape index (κ2) is 6.82. The van der Waals surface area contributed by atoms with Gasteiger partial charge in [0.25, 0.3) is 0 Å². The van der Waals surface area contributed by atoms with Crippen molar-refractivity contribution in [3.05, 3.63) is 0 Å². The number of rotatable bonds is 4. The summed E-state index contributed by atoms with van der Waals surface area (Å²) in [5.41, 5.74) is 0.397. The number of sulfonamides is 1. The smallest absolute Gasteiger partial charge is 0.370 e. The zero-order chi connectivity index (χ0) is 16.3. The Morgan fingerprint density at radius 3 is 2.33 bits per heavy atom. The Hall–Kier alpha value is -1.03. The molecule has 1 rings (SSSR count). The number of hydrogen-bond acceptors (Lipinski definition) is 3. The Bertz CT molecular complexity index is 468. The summed E-state index contributed by atoms with van der Waals surface area (Å²) in [4.78, 5) is 4.12. The Morgan fingerprint density at radius 2 is 1.90 bits per heavy atom. The van der Waals surface area contributed by atoms with Gasteiger partial charge in [0.15, 0.2) is 5.96 Å². The van der Waals surface area contributed by atoms with E-state index in [0.29, 0.717) is 23.7 Å². The molecule has 0 amide bonds. The van der Waals surface area contributed by atoms with Crippen LogP contribution in [0.3, 0.4) is 0 Å². The summed E-state index contributed by atoms with van der Waals surface area (Å²) in [6, 6.07) is 0.146. The average Bonchev–Trinajstić information content (AvgIpc) is 2.34. The van der Waals surface area contributed by atoms with Crippen molar-refractivity contribution in [1.82, 2.24) is 9.62 Å². The topological polar surface area (TPSA) is 87.8 Å². The molecule has 0 aliphatic carbocycles. The van der Waals surface area contributed by atoms with Crippen LogP contribution in [0, 0.1) is 5.92 Å². The minimum atomic E-state index is -5.23. The van der Waals surface area contributed by atoms with Crippen LogP contribution in [0.4, 0.5) is 13.2 Å². The number of guanidine groups is 1. The van der Waals surface area contributed by atoms with Crippen molar-refractivity contribution >= 4 is 16.0 Å². The highest BCUT2D eigenvalue weighted by atomic mass is 32.2. The number of aliphatic imine (C=N–C) groups is 1. The fourth-order valence-electron chi connectivity index (χ4n) is 2.05. The summed E-state index contributed by atoms with van der Waals surface area (Å²) in [6.45, 7) is 3.91. The first kappa shape index (κ1) is 18.0. The maximum Gasteiger partial charge on any atom is 0.511 e. The van der Waals surface area contributed by atoms with Crippen molar-refractivity contribution in [2.24, 2.45) is 16.6 Å². The summed E-state index contributed by atoms with van der Waals surface area (Å²) in [5.74, 6) is 0.326. The first-order chi connectivity index (χ1) is 9.54. The molecule has 0 aromatic carbocycles. The minimum Gasteiger partial charge on any atom is -0.370 e. The predicted molar refractivity (Wildman–Crippen MR) is 74.0 cm³/mol. The molecule has 1 fully saturated rings. The molecule has 6 nitrogen and oxygen atoms in total. The predicted octanol–water partition coefficient (Wildman–Crippen LogP) is 0.861. The molecule has 10 heteroatoms. The summed E-state index contributed by atoms with van der Waals surface area (Å²) in [7, 11) is -5.21. The number of piperidine rings is 1. The maximum absolute atomic E-state index is 12.4. The molecule has 1 aliphatic rings. The molecule has 0 aromatic rings. The normalized spacial score (nSPS) is 20.0. The van der Waals surface area contributed by atoms with Gasteiger partial charge in [-0.05, 0) is 32.6 Å². The number of nitrogens with two attached hydrogens (primary N) is 1. The fraction of sp³-hybridized carbons (Fsp3) is 0.909. The Morgan fingerprint density at radius 1 is 1.38 bits per heavy atom. The van der Waals surface area contributed by atoms with Crippen LogP contribution < -0.4 is 11.1 Å². The van der Waals surface area contributed by atoms with Crippen molar-refractivity contribution in [3.63, 3.8) is 0 Å². The third-order valence-electron chi connectivity index (χ3n) is 3.16. The Labute approximate surface area is 122 Å². The van der Waals surface area contributed by atoms with E-state index in [4.69, 9.17) is 5.73 Å². The van der Waals surface area contributed by atoms with E-state index in [9.17, 15) is 21.6 Å². The van der Waals surface area contributed by atoms with E-state index in [1.165, 1.54) is 0 Å². The molecule has 0 saturated carbocycles. The molecular formula is C11H21F3N4O2S. The van der Waals surface area contributed by atoms with Gasteiger partial charge in [-0.2, -0.15) is 17.5 Å². The highest BCUT2D eigenvalue weighted by Gasteiger charge is 2.50. The van der Waals surface area contributed by atoms with Crippen LogP contribution in [0.25, 0.3) is 0 Å². The van der Waals surface area contributed by atoms with Gasteiger partial charge in [-0.25, -0.2) is 8.42 Å². The highest BCUT2D eigenvalue weighted by Crippen LogP contribution is 2.30. The Balaban J connectivity index is 2.50. The van der Waals surface area contributed by atoms with E-state index in [-0.39, 0.29) is 31.0 Å². The summed E-state index contributed by atoms with van der Waals surface area (Å²) in [6.07, 6.45) is 0.682. The zero-order valence-electron chi connectivity index (χ0n) is 12.0. The van der Waals surface area contributed by atoms with Gasteiger partial charge in [-0.1, -0.05) is 0 Å². The van der Waals surface area contributed by atoms with Gasteiger partial charge in [-0.3, -0.25) is 4.99 Å². The number of nitrogens with one attached hydrogen (secondary N) is 1. The third-order valence-corrected chi connectivity index (χ3v) is 4.79. The molecular weight excluding hydrogens is 309 g/mol. The summed E-state index contributed by atoms with van der Waals surface area (Å²) in [5, 5.41) is 2.91. The second-order valence-electron chi connectivity index (χ2n) is 5.32. The van der Waals surface area contributed by atoms with Gasteiger partial charge in [0.2, 0.25) is 0 Å². The van der Waals surface area contributed by atoms with Crippen LogP contribution in [0.15, 0.2) is 4.99 Å². The molecule has 21 heavy (non-hydrogen) atoms. The van der Waals surface area contributed by atoms with Crippen molar-refractivity contribution < 1.29 is 21.6 Å². The van der Waals surface area contributed by atoms with Crippen LogP contribution in [-0.4, -0.2) is 49.9 Å². The molecule has 0 radical (unpaired) electrons. The first-order valence-electron chi connectivity index (χ1n) is 6.67. The molecule has 124 valence electrons. The quantitative estimate of drug-likeness (QED) is 0.591. The van der Waals surface area contributed by atoms with Crippen molar-refractivity contribution in [2.45, 2.75) is 38.2 Å². The number of alkyl halides is 3. The average molecular weight is 330 g/mol. The van der Waals surface area contributed by atoms with Gasteiger partial charge in [0.1, 0.15) is 0 Å². The van der Waals surface area contributed by atoms with Crippen LogP contribution >= 0.6 is 0 Å². The van der Waals surface area contributed by atoms with E-state index < -0.39 is 15.5 Å². The standard InChI is InChI=1S/C11H21F3N4O2S/c1-8(2)17-10(15)16-7-9-3-5-18(6-4-9)21(19,20)11(12,13)14/h8-9H,3-7H2,1-2H3,(H3,15,16,17). The molecule has 3 N–H and O–H groups in total. The van der Waals surface area contributed by atoms with Crippen LogP contribution in [-0.2, 0) is 10.0 Å². The summed E-state index contributed by atoms with van der Waals surface area (Å²) < 4.78 is 60.2. The number of hydrogen-bond donors (Lipinski definition) is 2. The monoisotopic (exact) mass is 330 g/mol. The lowest BCUT2D eigenvalue weighted by Crippen LogP contribution is -2.45. The van der Waals surface area contributed by atoms with Gasteiger partial charge in [0.05, 0.1) is 0 Å². The van der Waals surface area contributed by atoms with Crippen molar-refractivity contribution in [3.8, 4) is 0 Å².